The summed E-state index contributed by atoms with van der Waals surface area (Å²) in [6.07, 6.45) is 3.23. The van der Waals surface area contributed by atoms with Crippen molar-refractivity contribution in [1.29, 1.82) is 0 Å². The predicted molar refractivity (Wildman–Crippen MR) is 106 cm³/mol. The van der Waals surface area contributed by atoms with Crippen molar-refractivity contribution in [3.8, 4) is 5.82 Å². The van der Waals surface area contributed by atoms with Gasteiger partial charge >= 0.3 is 6.03 Å². The van der Waals surface area contributed by atoms with Crippen molar-refractivity contribution in [1.82, 2.24) is 24.8 Å². The van der Waals surface area contributed by atoms with E-state index in [-0.39, 0.29) is 6.03 Å². The van der Waals surface area contributed by atoms with Crippen LogP contribution in [-0.2, 0) is 0 Å². The summed E-state index contributed by atoms with van der Waals surface area (Å²) in [7, 11) is 0. The average Bonchev–Trinajstić information content (AvgIpc) is 2.98. The quantitative estimate of drug-likeness (QED) is 0.566. The molecule has 0 saturated heterocycles. The summed E-state index contributed by atoms with van der Waals surface area (Å²) in [5, 5.41) is 9.22. The van der Waals surface area contributed by atoms with Crippen molar-refractivity contribution in [3.63, 3.8) is 0 Å². The maximum atomic E-state index is 11.9. The Bertz CT molecular complexity index is 941. The molecule has 1 aromatic carbocycles. The zero-order chi connectivity index (χ0) is 19.2. The third-order valence-corrected chi connectivity index (χ3v) is 4.19. The van der Waals surface area contributed by atoms with Crippen LogP contribution >= 0.6 is 11.6 Å². The summed E-state index contributed by atoms with van der Waals surface area (Å²) in [6, 6.07) is 8.51. The molecule has 8 nitrogen and oxygen atoms in total. The molecule has 3 N–H and O–H groups in total. The molecule has 0 saturated carbocycles. The third kappa shape index (κ3) is 4.95. The molecule has 2 heterocycles. The number of aryl methyl sites for hydroxylation is 1. The number of carbonyl (C=O) groups is 1. The molecule has 27 heavy (non-hydrogen) atoms. The molecular weight excluding hydrogens is 366 g/mol. The minimum atomic E-state index is -0.299. The van der Waals surface area contributed by atoms with E-state index in [0.29, 0.717) is 29.6 Å². The number of nitrogens with one attached hydrogen (secondary N) is 3. The lowest BCUT2D eigenvalue weighted by molar-refractivity contribution is 0.252. The number of amides is 2. The Morgan fingerprint density at radius 3 is 2.74 bits per heavy atom. The molecule has 0 unspecified atom stereocenters. The molecule has 0 atom stereocenters. The topological polar surface area (TPSA) is 96.8 Å². The average molecular weight is 386 g/mol. The van der Waals surface area contributed by atoms with E-state index in [2.05, 4.69) is 30.9 Å². The molecule has 0 spiro atoms. The number of hydrogen-bond donors (Lipinski definition) is 3. The smallest absolute Gasteiger partial charge is 0.319 e. The molecular formula is C18H20ClN7O. The van der Waals surface area contributed by atoms with E-state index in [1.54, 1.807) is 30.6 Å². The van der Waals surface area contributed by atoms with Gasteiger partial charge in [0.2, 0.25) is 0 Å². The van der Waals surface area contributed by atoms with E-state index in [1.807, 2.05) is 24.5 Å². The molecule has 0 aliphatic rings. The first-order chi connectivity index (χ1) is 13.0. The highest BCUT2D eigenvalue weighted by atomic mass is 35.5. The summed E-state index contributed by atoms with van der Waals surface area (Å²) in [4.78, 5) is 24.6. The number of hydrogen-bond acceptors (Lipinski definition) is 5. The first-order valence-electron chi connectivity index (χ1n) is 8.40. The SMILES string of the molecule is Cc1ncn(-c2cc(NCCNC(=O)Nc3cccc(Cl)c3)ncn2)c1C. The van der Waals surface area contributed by atoms with Crippen LogP contribution in [0.4, 0.5) is 16.3 Å². The van der Waals surface area contributed by atoms with Gasteiger partial charge in [0.05, 0.1) is 5.69 Å². The van der Waals surface area contributed by atoms with Gasteiger partial charge < -0.3 is 16.0 Å². The highest BCUT2D eigenvalue weighted by Gasteiger charge is 2.07. The monoisotopic (exact) mass is 385 g/mol. The number of nitrogens with zero attached hydrogens (tertiary/aromatic N) is 4. The highest BCUT2D eigenvalue weighted by Crippen LogP contribution is 2.15. The van der Waals surface area contributed by atoms with E-state index in [9.17, 15) is 4.79 Å². The Morgan fingerprint density at radius 2 is 2.00 bits per heavy atom. The second-order valence-electron chi connectivity index (χ2n) is 5.86. The van der Waals surface area contributed by atoms with E-state index >= 15 is 0 Å². The highest BCUT2D eigenvalue weighted by molar-refractivity contribution is 6.30. The molecule has 2 aromatic heterocycles. The molecule has 9 heteroatoms. The molecule has 0 radical (unpaired) electrons. The Balaban J connectivity index is 1.49. The lowest BCUT2D eigenvalue weighted by atomic mass is 10.3. The minimum absolute atomic E-state index is 0.299. The summed E-state index contributed by atoms with van der Waals surface area (Å²) in [5.74, 6) is 1.40. The lowest BCUT2D eigenvalue weighted by Gasteiger charge is -2.10. The number of urea groups is 1. The number of imidazole rings is 1. The normalized spacial score (nSPS) is 10.5. The summed E-state index contributed by atoms with van der Waals surface area (Å²) in [5.41, 5.74) is 2.62. The second kappa shape index (κ2) is 8.50. The Kier molecular flexibility index (Phi) is 5.87. The number of anilines is 2. The maximum absolute atomic E-state index is 11.9. The molecule has 0 aliphatic carbocycles. The summed E-state index contributed by atoms with van der Waals surface area (Å²) >= 11 is 5.89. The van der Waals surface area contributed by atoms with Crippen molar-refractivity contribution in [2.24, 2.45) is 0 Å². The van der Waals surface area contributed by atoms with Crippen LogP contribution in [0.25, 0.3) is 5.82 Å². The van der Waals surface area contributed by atoms with Crippen LogP contribution in [0, 0.1) is 13.8 Å². The summed E-state index contributed by atoms with van der Waals surface area (Å²) in [6.45, 7) is 4.88. The fourth-order valence-corrected chi connectivity index (χ4v) is 2.60. The van der Waals surface area contributed by atoms with Gasteiger partial charge in [-0.05, 0) is 32.0 Å². The maximum Gasteiger partial charge on any atom is 0.319 e. The van der Waals surface area contributed by atoms with Crippen molar-refractivity contribution < 1.29 is 4.79 Å². The number of benzene rings is 1. The van der Waals surface area contributed by atoms with Crippen molar-refractivity contribution >= 4 is 29.1 Å². The van der Waals surface area contributed by atoms with Gasteiger partial charge in [-0.1, -0.05) is 17.7 Å². The molecule has 0 bridgehead atoms. The molecule has 3 rings (SSSR count). The van der Waals surface area contributed by atoms with E-state index in [1.165, 1.54) is 6.33 Å². The fourth-order valence-electron chi connectivity index (χ4n) is 2.41. The van der Waals surface area contributed by atoms with Gasteiger partial charge in [0, 0.05) is 35.6 Å². The van der Waals surface area contributed by atoms with Crippen LogP contribution in [0.3, 0.4) is 0 Å². The van der Waals surface area contributed by atoms with E-state index < -0.39 is 0 Å². The van der Waals surface area contributed by atoms with Crippen LogP contribution in [0.2, 0.25) is 5.02 Å². The first kappa shape index (κ1) is 18.7. The van der Waals surface area contributed by atoms with Crippen LogP contribution in [-0.4, -0.2) is 38.6 Å². The van der Waals surface area contributed by atoms with Gasteiger partial charge in [0.1, 0.15) is 24.3 Å². The molecule has 3 aromatic rings. The van der Waals surface area contributed by atoms with E-state index in [4.69, 9.17) is 11.6 Å². The first-order valence-corrected chi connectivity index (χ1v) is 8.78. The standard InChI is InChI=1S/C18H20ClN7O/c1-12-13(2)26(11-24-12)17-9-16(22-10-23-17)20-6-7-21-18(27)25-15-5-3-4-14(19)8-15/h3-5,8-11H,6-7H2,1-2H3,(H,20,22,23)(H2,21,25,27). The van der Waals surface area contributed by atoms with Crippen molar-refractivity contribution in [2.75, 3.05) is 23.7 Å². The van der Waals surface area contributed by atoms with E-state index in [0.717, 1.165) is 17.2 Å². The number of halogens is 1. The van der Waals surface area contributed by atoms with Gasteiger partial charge in [0.15, 0.2) is 0 Å². The van der Waals surface area contributed by atoms with Crippen molar-refractivity contribution in [2.45, 2.75) is 13.8 Å². The Morgan fingerprint density at radius 1 is 1.15 bits per heavy atom. The Hall–Kier alpha value is -3.13. The zero-order valence-corrected chi connectivity index (χ0v) is 15.8. The molecule has 2 amide bonds. The van der Waals surface area contributed by atoms with Crippen LogP contribution in [0.5, 0.6) is 0 Å². The molecule has 140 valence electrons. The van der Waals surface area contributed by atoms with Gasteiger partial charge in [-0.15, -0.1) is 0 Å². The van der Waals surface area contributed by atoms with Crippen LogP contribution in [0.15, 0.2) is 43.0 Å². The minimum Gasteiger partial charge on any atom is -0.368 e. The van der Waals surface area contributed by atoms with Crippen LogP contribution < -0.4 is 16.0 Å². The number of carbonyl (C=O) groups excluding carboxylic acids is 1. The van der Waals surface area contributed by atoms with Crippen molar-refractivity contribution in [3.05, 3.63) is 59.4 Å². The van der Waals surface area contributed by atoms with Gasteiger partial charge in [-0.25, -0.2) is 19.7 Å². The largest absolute Gasteiger partial charge is 0.368 e. The molecule has 0 fully saturated rings. The van der Waals surface area contributed by atoms with Gasteiger partial charge in [0.25, 0.3) is 0 Å². The Labute approximate surface area is 162 Å². The van der Waals surface area contributed by atoms with Crippen LogP contribution in [0.1, 0.15) is 11.4 Å². The third-order valence-electron chi connectivity index (χ3n) is 3.95. The number of rotatable bonds is 6. The predicted octanol–water partition coefficient (Wildman–Crippen LogP) is 3.17. The fraction of sp³-hybridized carbons (Fsp3) is 0.222. The van der Waals surface area contributed by atoms with Gasteiger partial charge in [-0.2, -0.15) is 0 Å². The van der Waals surface area contributed by atoms with Gasteiger partial charge in [-0.3, -0.25) is 4.57 Å². The second-order valence-corrected chi connectivity index (χ2v) is 6.30. The lowest BCUT2D eigenvalue weighted by Crippen LogP contribution is -2.32. The number of aromatic nitrogens is 4. The molecule has 0 aliphatic heterocycles. The zero-order valence-electron chi connectivity index (χ0n) is 15.0. The summed E-state index contributed by atoms with van der Waals surface area (Å²) < 4.78 is 1.90.